The molecule has 0 aliphatic carbocycles. The molecule has 11 heteroatoms. The van der Waals surface area contributed by atoms with Gasteiger partial charge < -0.3 is 14.6 Å². The zero-order chi connectivity index (χ0) is 26.8. The minimum atomic E-state index is -4.71. The molecule has 37 heavy (non-hydrogen) atoms. The lowest BCUT2D eigenvalue weighted by Gasteiger charge is -2.36. The molecule has 0 amide bonds. The van der Waals surface area contributed by atoms with Crippen molar-refractivity contribution in [3.63, 3.8) is 0 Å². The standard InChI is InChI=1S/C26H24F3NO6S/c1-35-20-7-2-5-17(13-20)18-11-12-24-23(14-18)30(16-21(36-24)8-4-10-25(31)32)37(33,34)22-9-3-6-19(15-22)26(27,28)29/h2-3,5-7,9,11-15,21H,4,8,10,16H2,1H3,(H,31,32)/t21-/m0/s1. The van der Waals surface area contributed by atoms with Gasteiger partial charge in [0.1, 0.15) is 17.6 Å². The van der Waals surface area contributed by atoms with Crippen LogP contribution in [0.5, 0.6) is 11.5 Å². The first-order valence-corrected chi connectivity index (χ1v) is 12.8. The Morgan fingerprint density at radius 1 is 1.08 bits per heavy atom. The monoisotopic (exact) mass is 535 g/mol. The number of aliphatic carboxylic acids is 1. The zero-order valence-electron chi connectivity index (χ0n) is 19.7. The zero-order valence-corrected chi connectivity index (χ0v) is 20.6. The molecule has 1 aliphatic heterocycles. The van der Waals surface area contributed by atoms with Gasteiger partial charge in [0.05, 0.1) is 29.8 Å². The van der Waals surface area contributed by atoms with Crippen LogP contribution in [-0.4, -0.2) is 39.3 Å². The number of nitrogens with zero attached hydrogens (tertiary/aromatic N) is 1. The summed E-state index contributed by atoms with van der Waals surface area (Å²) in [4.78, 5) is 10.4. The van der Waals surface area contributed by atoms with Crippen LogP contribution in [-0.2, 0) is 21.0 Å². The quantitative estimate of drug-likeness (QED) is 0.404. The SMILES string of the molecule is COc1cccc(-c2ccc3c(c2)N(S(=O)(=O)c2cccc(C(F)(F)F)c2)C[C@H](CCCC(=O)O)O3)c1. The van der Waals surface area contributed by atoms with Crippen LogP contribution in [0.4, 0.5) is 18.9 Å². The predicted molar refractivity (Wildman–Crippen MR) is 130 cm³/mol. The predicted octanol–water partition coefficient (Wildman–Crippen LogP) is 5.59. The lowest BCUT2D eigenvalue weighted by molar-refractivity contribution is -0.138. The van der Waals surface area contributed by atoms with Gasteiger partial charge in [-0.25, -0.2) is 8.42 Å². The lowest BCUT2D eigenvalue weighted by atomic mass is 10.0. The molecule has 0 saturated carbocycles. The number of halogens is 3. The first-order chi connectivity index (χ1) is 17.5. The second-order valence-electron chi connectivity index (χ2n) is 8.50. The van der Waals surface area contributed by atoms with E-state index in [1.807, 2.05) is 6.07 Å². The van der Waals surface area contributed by atoms with Gasteiger partial charge in [-0.2, -0.15) is 13.2 Å². The van der Waals surface area contributed by atoms with Gasteiger partial charge in [0.15, 0.2) is 0 Å². The molecule has 1 N–H and O–H groups in total. The number of carboxylic acid groups (broad SMARTS) is 1. The summed E-state index contributed by atoms with van der Waals surface area (Å²) in [5.41, 5.74) is 0.481. The summed E-state index contributed by atoms with van der Waals surface area (Å²) >= 11 is 0. The van der Waals surface area contributed by atoms with Crippen molar-refractivity contribution in [2.24, 2.45) is 0 Å². The topological polar surface area (TPSA) is 93.1 Å². The first kappa shape index (κ1) is 26.3. The summed E-state index contributed by atoms with van der Waals surface area (Å²) < 4.78 is 79.6. The molecule has 0 unspecified atom stereocenters. The fourth-order valence-electron chi connectivity index (χ4n) is 4.11. The van der Waals surface area contributed by atoms with E-state index in [0.29, 0.717) is 17.4 Å². The highest BCUT2D eigenvalue weighted by atomic mass is 32.2. The van der Waals surface area contributed by atoms with E-state index < -0.39 is 38.7 Å². The Morgan fingerprint density at radius 2 is 1.81 bits per heavy atom. The number of methoxy groups -OCH3 is 1. The van der Waals surface area contributed by atoms with E-state index in [4.69, 9.17) is 14.6 Å². The van der Waals surface area contributed by atoms with Crippen LogP contribution in [0.3, 0.4) is 0 Å². The van der Waals surface area contributed by atoms with E-state index in [1.165, 1.54) is 7.11 Å². The molecule has 3 aromatic carbocycles. The maximum absolute atomic E-state index is 13.7. The number of rotatable bonds is 8. The number of fused-ring (bicyclic) bond motifs is 1. The number of alkyl halides is 3. The molecule has 0 spiro atoms. The van der Waals surface area contributed by atoms with Crippen molar-refractivity contribution >= 4 is 21.7 Å². The highest BCUT2D eigenvalue weighted by Crippen LogP contribution is 2.41. The molecule has 0 fully saturated rings. The molecule has 0 saturated heterocycles. The van der Waals surface area contributed by atoms with Crippen molar-refractivity contribution in [1.82, 2.24) is 0 Å². The largest absolute Gasteiger partial charge is 0.497 e. The van der Waals surface area contributed by atoms with Crippen LogP contribution >= 0.6 is 0 Å². The normalized spacial score (nSPS) is 15.6. The number of sulfonamides is 1. The summed E-state index contributed by atoms with van der Waals surface area (Å²) in [6.45, 7) is -0.188. The van der Waals surface area contributed by atoms with Crippen LogP contribution < -0.4 is 13.8 Å². The van der Waals surface area contributed by atoms with Crippen LogP contribution in [0.1, 0.15) is 24.8 Å². The number of benzene rings is 3. The maximum Gasteiger partial charge on any atom is 0.416 e. The van der Waals surface area contributed by atoms with Crippen LogP contribution in [0.15, 0.2) is 71.6 Å². The van der Waals surface area contributed by atoms with Crippen LogP contribution in [0.2, 0.25) is 0 Å². The van der Waals surface area contributed by atoms with Crippen molar-refractivity contribution in [3.05, 3.63) is 72.3 Å². The molecule has 0 radical (unpaired) electrons. The summed E-state index contributed by atoms with van der Waals surface area (Å²) in [5, 5.41) is 8.95. The third-order valence-corrected chi connectivity index (χ3v) is 7.74. The average Bonchev–Trinajstić information content (AvgIpc) is 2.87. The lowest BCUT2D eigenvalue weighted by Crippen LogP contribution is -2.43. The number of hydrogen-bond acceptors (Lipinski definition) is 5. The molecular weight excluding hydrogens is 511 g/mol. The maximum atomic E-state index is 13.7. The third-order valence-electron chi connectivity index (χ3n) is 5.96. The van der Waals surface area contributed by atoms with E-state index in [9.17, 15) is 26.4 Å². The van der Waals surface area contributed by atoms with Crippen molar-refractivity contribution in [3.8, 4) is 22.6 Å². The summed E-state index contributed by atoms with van der Waals surface area (Å²) in [7, 11) is -2.91. The van der Waals surface area contributed by atoms with Gasteiger partial charge in [0.2, 0.25) is 0 Å². The highest BCUT2D eigenvalue weighted by Gasteiger charge is 2.37. The number of ether oxygens (including phenoxy) is 2. The molecule has 7 nitrogen and oxygen atoms in total. The van der Waals surface area contributed by atoms with Crippen molar-refractivity contribution < 1.29 is 41.0 Å². The van der Waals surface area contributed by atoms with Gasteiger partial charge in [0, 0.05) is 6.42 Å². The molecule has 1 heterocycles. The van der Waals surface area contributed by atoms with Gasteiger partial charge in [0.25, 0.3) is 10.0 Å². The molecule has 1 atom stereocenters. The van der Waals surface area contributed by atoms with E-state index in [-0.39, 0.29) is 37.2 Å². The second-order valence-corrected chi connectivity index (χ2v) is 10.4. The number of carboxylic acids is 1. The second kappa shape index (κ2) is 10.3. The minimum absolute atomic E-state index is 0.123. The van der Waals surface area contributed by atoms with Gasteiger partial charge in [-0.15, -0.1) is 0 Å². The molecular formula is C26H24F3NO6S. The Kier molecular flexibility index (Phi) is 7.35. The molecule has 4 rings (SSSR count). The molecule has 3 aromatic rings. The summed E-state index contributed by atoms with van der Waals surface area (Å²) in [6, 6.07) is 15.6. The van der Waals surface area contributed by atoms with E-state index >= 15 is 0 Å². The Balaban J connectivity index is 1.78. The molecule has 1 aliphatic rings. The van der Waals surface area contributed by atoms with E-state index in [2.05, 4.69) is 0 Å². The molecule has 196 valence electrons. The summed E-state index contributed by atoms with van der Waals surface area (Å²) in [6.07, 6.45) is -5.03. The van der Waals surface area contributed by atoms with Gasteiger partial charge in [-0.3, -0.25) is 9.10 Å². The first-order valence-electron chi connectivity index (χ1n) is 11.4. The van der Waals surface area contributed by atoms with Gasteiger partial charge in [-0.1, -0.05) is 24.3 Å². The third kappa shape index (κ3) is 5.82. The van der Waals surface area contributed by atoms with Crippen molar-refractivity contribution in [2.75, 3.05) is 18.0 Å². The summed E-state index contributed by atoms with van der Waals surface area (Å²) in [5.74, 6) is -0.167. The number of hydrogen-bond donors (Lipinski definition) is 1. The van der Waals surface area contributed by atoms with Gasteiger partial charge >= 0.3 is 12.1 Å². The van der Waals surface area contributed by atoms with E-state index in [0.717, 1.165) is 28.1 Å². The Labute approximate surface area is 212 Å². The molecule has 0 bridgehead atoms. The van der Waals surface area contributed by atoms with Crippen LogP contribution in [0.25, 0.3) is 11.1 Å². The van der Waals surface area contributed by atoms with E-state index in [1.54, 1.807) is 36.4 Å². The number of carbonyl (C=O) groups is 1. The van der Waals surface area contributed by atoms with Gasteiger partial charge in [-0.05, 0) is 66.4 Å². The smallest absolute Gasteiger partial charge is 0.416 e. The average molecular weight is 536 g/mol. The Bertz CT molecular complexity index is 1410. The fourth-order valence-corrected chi connectivity index (χ4v) is 5.66. The Morgan fingerprint density at radius 3 is 2.51 bits per heavy atom. The highest BCUT2D eigenvalue weighted by molar-refractivity contribution is 7.92. The Hall–Kier alpha value is -3.73. The number of anilines is 1. The van der Waals surface area contributed by atoms with Crippen molar-refractivity contribution in [2.45, 2.75) is 36.4 Å². The van der Waals surface area contributed by atoms with Crippen LogP contribution in [0, 0.1) is 0 Å². The fraction of sp³-hybridized carbons (Fsp3) is 0.269. The molecule has 0 aromatic heterocycles. The van der Waals surface area contributed by atoms with Crippen molar-refractivity contribution in [1.29, 1.82) is 0 Å². The minimum Gasteiger partial charge on any atom is -0.497 e.